The minimum atomic E-state index is 0.311. The average molecular weight is 453 g/mol. The Labute approximate surface area is 203 Å². The third kappa shape index (κ3) is 3.11. The summed E-state index contributed by atoms with van der Waals surface area (Å²) in [7, 11) is 0. The van der Waals surface area contributed by atoms with Crippen LogP contribution in [0.15, 0.2) is 61.2 Å². The van der Waals surface area contributed by atoms with Crippen molar-refractivity contribution in [3.05, 3.63) is 78.0 Å². The summed E-state index contributed by atoms with van der Waals surface area (Å²) in [5, 5.41) is 5.14. The monoisotopic (exact) mass is 452 g/mol. The van der Waals surface area contributed by atoms with Crippen molar-refractivity contribution >= 4 is 16.6 Å². The van der Waals surface area contributed by atoms with Gasteiger partial charge in [-0.25, -0.2) is 0 Å². The molecule has 2 N–H and O–H groups in total. The van der Waals surface area contributed by atoms with Crippen molar-refractivity contribution in [3.63, 3.8) is 0 Å². The SMILES string of the molecule is C=CCN1CC(Nc2ccc([C@@H]3c4[nH]c5ccccc5c4C[C@@H](C)N3C34CCC(C3)C4)cc2)C1. The lowest BCUT2D eigenvalue weighted by molar-refractivity contribution is -0.0339. The first-order chi connectivity index (χ1) is 16.6. The molecule has 0 amide bonds. The molecule has 4 nitrogen and oxygen atoms in total. The number of fused-ring (bicyclic) bond motifs is 4. The van der Waals surface area contributed by atoms with Crippen molar-refractivity contribution in [3.8, 4) is 0 Å². The molecule has 2 aromatic carbocycles. The highest BCUT2D eigenvalue weighted by atomic mass is 15.3. The van der Waals surface area contributed by atoms with Gasteiger partial charge in [0, 0.05) is 53.5 Å². The van der Waals surface area contributed by atoms with Crippen molar-refractivity contribution in [1.82, 2.24) is 14.8 Å². The summed E-state index contributed by atoms with van der Waals surface area (Å²) in [6.45, 7) is 9.52. The lowest BCUT2D eigenvalue weighted by atomic mass is 9.72. The molecule has 3 saturated carbocycles. The fourth-order valence-corrected chi connectivity index (χ4v) is 7.76. The molecule has 5 aliphatic rings. The summed E-state index contributed by atoms with van der Waals surface area (Å²) in [6, 6.07) is 19.7. The second-order valence-electron chi connectivity index (χ2n) is 11.4. The molecule has 2 bridgehead atoms. The van der Waals surface area contributed by atoms with E-state index in [4.69, 9.17) is 0 Å². The second kappa shape index (κ2) is 7.73. The molecule has 3 heterocycles. The van der Waals surface area contributed by atoms with E-state index in [2.05, 4.69) is 82.1 Å². The summed E-state index contributed by atoms with van der Waals surface area (Å²) < 4.78 is 0. The number of likely N-dealkylation sites (tertiary alicyclic amines) is 1. The van der Waals surface area contributed by atoms with Crippen LogP contribution < -0.4 is 5.32 Å². The number of anilines is 1. The van der Waals surface area contributed by atoms with Crippen LogP contribution in [0, 0.1) is 5.92 Å². The molecule has 0 spiro atoms. The van der Waals surface area contributed by atoms with Crippen molar-refractivity contribution in [2.45, 2.75) is 62.7 Å². The second-order valence-corrected chi connectivity index (χ2v) is 11.4. The topological polar surface area (TPSA) is 34.3 Å². The third-order valence-electron chi connectivity index (χ3n) is 9.22. The molecular formula is C30H36N4. The fraction of sp³-hybridized carbons (Fsp3) is 0.467. The third-order valence-corrected chi connectivity index (χ3v) is 9.22. The van der Waals surface area contributed by atoms with E-state index in [1.807, 2.05) is 6.08 Å². The Hall–Kier alpha value is -2.56. The summed E-state index contributed by atoms with van der Waals surface area (Å²) >= 11 is 0. The van der Waals surface area contributed by atoms with Gasteiger partial charge >= 0.3 is 0 Å². The van der Waals surface area contributed by atoms with Gasteiger partial charge in [-0.1, -0.05) is 36.4 Å². The largest absolute Gasteiger partial charge is 0.380 e. The van der Waals surface area contributed by atoms with Crippen LogP contribution in [-0.4, -0.2) is 52.0 Å². The maximum absolute atomic E-state index is 3.88. The van der Waals surface area contributed by atoms with Gasteiger partial charge in [0.15, 0.2) is 0 Å². The summed E-state index contributed by atoms with van der Waals surface area (Å²) in [5.41, 5.74) is 7.33. The molecule has 176 valence electrons. The van der Waals surface area contributed by atoms with Gasteiger partial charge in [-0.15, -0.1) is 6.58 Å². The van der Waals surface area contributed by atoms with Crippen molar-refractivity contribution < 1.29 is 0 Å². The van der Waals surface area contributed by atoms with Gasteiger partial charge in [0.1, 0.15) is 0 Å². The Morgan fingerprint density at radius 2 is 1.91 bits per heavy atom. The molecule has 3 aliphatic carbocycles. The zero-order valence-electron chi connectivity index (χ0n) is 20.3. The van der Waals surface area contributed by atoms with Crippen molar-refractivity contribution in [2.24, 2.45) is 5.92 Å². The van der Waals surface area contributed by atoms with Gasteiger partial charge in [-0.05, 0) is 74.3 Å². The summed E-state index contributed by atoms with van der Waals surface area (Å²) in [6.07, 6.45) is 8.72. The van der Waals surface area contributed by atoms with Gasteiger partial charge < -0.3 is 10.3 Å². The van der Waals surface area contributed by atoms with E-state index in [0.29, 0.717) is 23.7 Å². The number of H-pyrrole nitrogens is 1. The average Bonchev–Trinajstić information content (AvgIpc) is 3.50. The predicted octanol–water partition coefficient (Wildman–Crippen LogP) is 5.73. The van der Waals surface area contributed by atoms with Crippen LogP contribution in [0.25, 0.3) is 10.9 Å². The number of aromatic nitrogens is 1. The molecule has 1 saturated heterocycles. The highest BCUT2D eigenvalue weighted by Gasteiger charge is 2.58. The normalized spacial score (nSPS) is 31.1. The Balaban J connectivity index is 1.23. The molecule has 2 aliphatic heterocycles. The highest BCUT2D eigenvalue weighted by molar-refractivity contribution is 5.85. The zero-order valence-corrected chi connectivity index (χ0v) is 20.3. The standard InChI is InChI=1S/C30H36N4/c1-3-14-33-18-24(19-33)31-23-10-8-22(9-11-23)29-28-26(25-6-4-5-7-27(25)32-28)15-20(2)34(29)30-13-12-21(16-30)17-30/h3-11,20-21,24,29,31-32H,1,12-19H2,2H3/t20-,21?,29-,30?/m1/s1. The molecule has 4 heteroatoms. The first-order valence-corrected chi connectivity index (χ1v) is 13.2. The number of nitrogens with one attached hydrogen (secondary N) is 2. The molecule has 0 unspecified atom stereocenters. The van der Waals surface area contributed by atoms with E-state index < -0.39 is 0 Å². The van der Waals surface area contributed by atoms with Gasteiger partial charge in [-0.3, -0.25) is 9.80 Å². The first kappa shape index (κ1) is 20.8. The summed E-state index contributed by atoms with van der Waals surface area (Å²) in [4.78, 5) is 9.23. The van der Waals surface area contributed by atoms with Crippen LogP contribution in [0.2, 0.25) is 0 Å². The van der Waals surface area contributed by atoms with Gasteiger partial charge in [0.05, 0.1) is 12.1 Å². The Morgan fingerprint density at radius 3 is 2.65 bits per heavy atom. The van der Waals surface area contributed by atoms with E-state index in [1.165, 1.54) is 59.1 Å². The predicted molar refractivity (Wildman–Crippen MR) is 140 cm³/mol. The molecule has 2 atom stereocenters. The molecule has 1 aromatic heterocycles. The molecule has 0 radical (unpaired) electrons. The molecule has 34 heavy (non-hydrogen) atoms. The molecule has 4 fully saturated rings. The van der Waals surface area contributed by atoms with Crippen LogP contribution in [0.4, 0.5) is 5.69 Å². The molecular weight excluding hydrogens is 416 g/mol. The minimum Gasteiger partial charge on any atom is -0.380 e. The quantitative estimate of drug-likeness (QED) is 0.469. The van der Waals surface area contributed by atoms with E-state index in [9.17, 15) is 0 Å². The van der Waals surface area contributed by atoms with E-state index in [0.717, 1.165) is 32.0 Å². The highest BCUT2D eigenvalue weighted by Crippen LogP contribution is 2.60. The van der Waals surface area contributed by atoms with Gasteiger partial charge in [0.25, 0.3) is 0 Å². The number of aromatic amines is 1. The van der Waals surface area contributed by atoms with E-state index in [1.54, 1.807) is 0 Å². The number of rotatable bonds is 6. The Bertz CT molecular complexity index is 1210. The number of hydrogen-bond acceptors (Lipinski definition) is 3. The number of para-hydroxylation sites is 1. The van der Waals surface area contributed by atoms with E-state index in [-0.39, 0.29) is 0 Å². The van der Waals surface area contributed by atoms with Crippen molar-refractivity contribution in [2.75, 3.05) is 25.0 Å². The lowest BCUT2D eigenvalue weighted by Gasteiger charge is -2.55. The minimum absolute atomic E-state index is 0.311. The Morgan fingerprint density at radius 1 is 1.12 bits per heavy atom. The maximum atomic E-state index is 3.88. The summed E-state index contributed by atoms with van der Waals surface area (Å²) in [5.74, 6) is 0.965. The van der Waals surface area contributed by atoms with Crippen LogP contribution in [0.5, 0.6) is 0 Å². The number of nitrogens with zero attached hydrogens (tertiary/aromatic N) is 2. The number of hydrogen-bond donors (Lipinski definition) is 2. The smallest absolute Gasteiger partial charge is 0.0764 e. The number of benzene rings is 2. The zero-order chi connectivity index (χ0) is 22.9. The van der Waals surface area contributed by atoms with Crippen molar-refractivity contribution in [1.29, 1.82) is 0 Å². The van der Waals surface area contributed by atoms with Gasteiger partial charge in [0.2, 0.25) is 0 Å². The first-order valence-electron chi connectivity index (χ1n) is 13.2. The van der Waals surface area contributed by atoms with Gasteiger partial charge in [-0.2, -0.15) is 0 Å². The Kier molecular flexibility index (Phi) is 4.72. The lowest BCUT2D eigenvalue weighted by Crippen LogP contribution is -2.59. The van der Waals surface area contributed by atoms with Crippen LogP contribution >= 0.6 is 0 Å². The maximum Gasteiger partial charge on any atom is 0.0764 e. The van der Waals surface area contributed by atoms with Crippen LogP contribution in [0.1, 0.15) is 55.5 Å². The fourth-order valence-electron chi connectivity index (χ4n) is 7.76. The molecule has 8 rings (SSSR count). The van der Waals surface area contributed by atoms with Crippen LogP contribution in [-0.2, 0) is 6.42 Å². The van der Waals surface area contributed by atoms with Crippen LogP contribution in [0.3, 0.4) is 0 Å². The molecule has 3 aromatic rings. The van der Waals surface area contributed by atoms with E-state index >= 15 is 0 Å².